The minimum atomic E-state index is -0.662. The number of hydrogen-bond acceptors (Lipinski definition) is 7. The number of esters is 2. The minimum Gasteiger partial charge on any atom is -0.456 e. The van der Waals surface area contributed by atoms with Crippen molar-refractivity contribution in [1.29, 1.82) is 0 Å². The third kappa shape index (κ3) is 5.27. The molecule has 3 atom stereocenters. The topological polar surface area (TPSA) is 80.3 Å². The summed E-state index contributed by atoms with van der Waals surface area (Å²) in [5, 5.41) is 0. The Morgan fingerprint density at radius 3 is 2.41 bits per heavy atom. The van der Waals surface area contributed by atoms with E-state index >= 15 is 0 Å². The van der Waals surface area contributed by atoms with E-state index in [4.69, 9.17) is 23.7 Å². The average Bonchev–Trinajstić information content (AvgIpc) is 2.64. The van der Waals surface area contributed by atoms with E-state index in [1.165, 1.54) is 0 Å². The molecule has 0 amide bonds. The Hall–Kier alpha value is -1.70. The van der Waals surface area contributed by atoms with E-state index in [9.17, 15) is 9.59 Å². The van der Waals surface area contributed by atoms with Gasteiger partial charge in [-0.1, -0.05) is 12.7 Å². The summed E-state index contributed by atoms with van der Waals surface area (Å²) in [7, 11) is 1.63. The van der Waals surface area contributed by atoms with Crippen molar-refractivity contribution in [2.45, 2.75) is 62.9 Å². The van der Waals surface area contributed by atoms with E-state index in [0.29, 0.717) is 24.9 Å². The first-order valence-electron chi connectivity index (χ1n) is 10.2. The van der Waals surface area contributed by atoms with E-state index in [0.717, 1.165) is 32.1 Å². The van der Waals surface area contributed by atoms with Crippen molar-refractivity contribution < 1.29 is 33.3 Å². The van der Waals surface area contributed by atoms with E-state index in [1.807, 2.05) is 6.92 Å². The van der Waals surface area contributed by atoms with Crippen LogP contribution >= 0.6 is 0 Å². The maximum atomic E-state index is 12.5. The molecule has 0 N–H and O–H groups in total. The number of carbonyl (C=O) groups is 2. The molecule has 0 aromatic carbocycles. The van der Waals surface area contributed by atoms with Gasteiger partial charge in [0.05, 0.1) is 24.4 Å². The summed E-state index contributed by atoms with van der Waals surface area (Å²) in [6, 6.07) is 0. The molecule has 3 unspecified atom stereocenters. The van der Waals surface area contributed by atoms with Gasteiger partial charge in [0.25, 0.3) is 0 Å². The molecule has 4 aliphatic rings. The molecule has 4 fully saturated rings. The van der Waals surface area contributed by atoms with E-state index < -0.39 is 24.1 Å². The van der Waals surface area contributed by atoms with Crippen molar-refractivity contribution in [3.05, 3.63) is 24.8 Å². The van der Waals surface area contributed by atoms with Crippen LogP contribution in [0.4, 0.5) is 0 Å². The molecule has 0 aromatic rings. The van der Waals surface area contributed by atoms with E-state index in [-0.39, 0.29) is 24.1 Å². The van der Waals surface area contributed by atoms with Crippen molar-refractivity contribution in [2.24, 2.45) is 11.8 Å². The highest BCUT2D eigenvalue weighted by Gasteiger charge is 2.60. The highest BCUT2D eigenvalue weighted by atomic mass is 16.7. The molecule has 4 rings (SSSR count). The zero-order valence-corrected chi connectivity index (χ0v) is 17.4. The maximum absolute atomic E-state index is 12.5. The van der Waals surface area contributed by atoms with E-state index in [2.05, 4.69) is 13.2 Å². The van der Waals surface area contributed by atoms with Crippen LogP contribution < -0.4 is 0 Å². The zero-order chi connectivity index (χ0) is 21.1. The third-order valence-electron chi connectivity index (χ3n) is 6.15. The molecule has 7 heteroatoms. The van der Waals surface area contributed by atoms with Gasteiger partial charge in [-0.25, -0.2) is 9.59 Å². The molecule has 0 spiro atoms. The molecular weight excluding hydrogens is 376 g/mol. The minimum absolute atomic E-state index is 0.0325. The molecular formula is C22H32O7. The number of hydrogen-bond donors (Lipinski definition) is 0. The van der Waals surface area contributed by atoms with Crippen molar-refractivity contribution in [2.75, 3.05) is 26.9 Å². The van der Waals surface area contributed by atoms with Gasteiger partial charge in [0.2, 0.25) is 0 Å². The molecule has 0 aromatic heterocycles. The standard InChI is InChI=1S/C22H32O7/c1-5-6-26-12-15(2)20(24)27-13-19(23)29-22-10-17-7-18(11-22)9-21(8-17,14-22)28-16(3)25-4/h5,16-18H,1-2,6-14H2,3-4H3. The summed E-state index contributed by atoms with van der Waals surface area (Å²) < 4.78 is 27.7. The molecule has 7 nitrogen and oxygen atoms in total. The van der Waals surface area contributed by atoms with Crippen LogP contribution in [0, 0.1) is 11.8 Å². The molecule has 4 saturated carbocycles. The van der Waals surface area contributed by atoms with Crippen LogP contribution in [0.25, 0.3) is 0 Å². The molecule has 4 aliphatic carbocycles. The Kier molecular flexibility index (Phi) is 6.81. The van der Waals surface area contributed by atoms with Crippen LogP contribution in [-0.4, -0.2) is 56.4 Å². The zero-order valence-electron chi connectivity index (χ0n) is 17.4. The van der Waals surface area contributed by atoms with Gasteiger partial charge in [-0.2, -0.15) is 0 Å². The average molecular weight is 408 g/mol. The summed E-state index contributed by atoms with van der Waals surface area (Å²) in [5.41, 5.74) is -0.686. The van der Waals surface area contributed by atoms with Gasteiger partial charge in [-0.05, 0) is 50.9 Å². The van der Waals surface area contributed by atoms with Gasteiger partial charge >= 0.3 is 11.9 Å². The molecule has 29 heavy (non-hydrogen) atoms. The Labute approximate surface area is 172 Å². The fourth-order valence-electron chi connectivity index (χ4n) is 5.58. The largest absolute Gasteiger partial charge is 0.456 e. The van der Waals surface area contributed by atoms with Crippen LogP contribution in [0.1, 0.15) is 45.4 Å². The predicted octanol–water partition coefficient (Wildman–Crippen LogP) is 2.93. The second-order valence-corrected chi connectivity index (χ2v) is 8.71. The number of methoxy groups -OCH3 is 1. The lowest BCUT2D eigenvalue weighted by molar-refractivity contribution is -0.275. The van der Waals surface area contributed by atoms with Crippen LogP contribution in [-0.2, 0) is 33.3 Å². The maximum Gasteiger partial charge on any atom is 0.344 e. The first kappa shape index (κ1) is 22.0. The normalized spacial score (nSPS) is 33.2. The molecule has 0 saturated heterocycles. The highest BCUT2D eigenvalue weighted by molar-refractivity contribution is 5.89. The van der Waals surface area contributed by atoms with Gasteiger partial charge in [-0.15, -0.1) is 6.58 Å². The highest BCUT2D eigenvalue weighted by Crippen LogP contribution is 2.60. The fourth-order valence-corrected chi connectivity index (χ4v) is 5.58. The predicted molar refractivity (Wildman–Crippen MR) is 105 cm³/mol. The molecule has 0 radical (unpaired) electrons. The van der Waals surface area contributed by atoms with Crippen LogP contribution in [0.2, 0.25) is 0 Å². The number of rotatable bonds is 11. The van der Waals surface area contributed by atoms with E-state index in [1.54, 1.807) is 13.2 Å². The van der Waals surface area contributed by atoms with Crippen molar-refractivity contribution in [1.82, 2.24) is 0 Å². The number of ether oxygens (including phenoxy) is 5. The summed E-state index contributed by atoms with van der Waals surface area (Å²) in [6.45, 7) is 8.94. The monoisotopic (exact) mass is 408 g/mol. The second kappa shape index (κ2) is 8.98. The summed E-state index contributed by atoms with van der Waals surface area (Å²) >= 11 is 0. The van der Waals surface area contributed by atoms with Crippen molar-refractivity contribution in [3.63, 3.8) is 0 Å². The van der Waals surface area contributed by atoms with Crippen molar-refractivity contribution in [3.8, 4) is 0 Å². The molecule has 4 bridgehead atoms. The lowest BCUT2D eigenvalue weighted by atomic mass is 9.52. The molecule has 0 heterocycles. The number of carbonyl (C=O) groups excluding carboxylic acids is 2. The lowest BCUT2D eigenvalue weighted by Gasteiger charge is -2.60. The first-order valence-corrected chi connectivity index (χ1v) is 10.2. The summed E-state index contributed by atoms with van der Waals surface area (Å²) in [5.74, 6) is -0.227. The Balaban J connectivity index is 1.54. The fraction of sp³-hybridized carbons (Fsp3) is 0.727. The van der Waals surface area contributed by atoms with Crippen LogP contribution in [0.15, 0.2) is 24.8 Å². The van der Waals surface area contributed by atoms with Crippen molar-refractivity contribution >= 4 is 11.9 Å². The van der Waals surface area contributed by atoms with Gasteiger partial charge < -0.3 is 23.7 Å². The van der Waals surface area contributed by atoms with Crippen LogP contribution in [0.3, 0.4) is 0 Å². The first-order chi connectivity index (χ1) is 13.8. The second-order valence-electron chi connectivity index (χ2n) is 8.71. The Morgan fingerprint density at radius 1 is 1.14 bits per heavy atom. The quantitative estimate of drug-likeness (QED) is 0.171. The third-order valence-corrected chi connectivity index (χ3v) is 6.15. The SMILES string of the molecule is C=CCOCC(=C)C(=O)OCC(=O)OC12CC3CC(C1)CC(OC(C)OC)(C3)C2. The van der Waals surface area contributed by atoms with Gasteiger partial charge in [0, 0.05) is 13.5 Å². The molecule has 0 aliphatic heterocycles. The van der Waals surface area contributed by atoms with Gasteiger partial charge in [0.1, 0.15) is 5.60 Å². The van der Waals surface area contributed by atoms with Crippen LogP contribution in [0.5, 0.6) is 0 Å². The summed E-state index contributed by atoms with van der Waals surface area (Å²) in [6.07, 6.45) is 6.76. The Bertz CT molecular complexity index is 642. The summed E-state index contributed by atoms with van der Waals surface area (Å²) in [4.78, 5) is 24.4. The lowest BCUT2D eigenvalue weighted by Crippen LogP contribution is -2.62. The van der Waals surface area contributed by atoms with Gasteiger partial charge in [0.15, 0.2) is 12.9 Å². The smallest absolute Gasteiger partial charge is 0.344 e. The van der Waals surface area contributed by atoms with Gasteiger partial charge in [-0.3, -0.25) is 0 Å². The Morgan fingerprint density at radius 2 is 1.79 bits per heavy atom. The molecule has 162 valence electrons.